The summed E-state index contributed by atoms with van der Waals surface area (Å²) in [6.07, 6.45) is 2.05. The van der Waals surface area contributed by atoms with E-state index in [1.165, 1.54) is 12.0 Å². The van der Waals surface area contributed by atoms with E-state index in [0.29, 0.717) is 19.3 Å². The van der Waals surface area contributed by atoms with Crippen molar-refractivity contribution in [3.05, 3.63) is 0 Å². The number of aliphatic hydroxyl groups excluding tert-OH is 1. The lowest BCUT2D eigenvalue weighted by Crippen LogP contribution is -2.47. The quantitative estimate of drug-likeness (QED) is 0.796. The summed E-state index contributed by atoms with van der Waals surface area (Å²) in [5, 5.41) is 8.93. The lowest BCUT2D eigenvalue weighted by molar-refractivity contribution is -0.146. The molecule has 1 aliphatic rings. The molecule has 20 heavy (non-hydrogen) atoms. The van der Waals surface area contributed by atoms with Crippen LogP contribution in [0.1, 0.15) is 46.5 Å². The summed E-state index contributed by atoms with van der Waals surface area (Å²) in [6, 6.07) is -0.667. The van der Waals surface area contributed by atoms with Gasteiger partial charge in [0.2, 0.25) is 0 Å². The molecule has 1 rings (SSSR count). The van der Waals surface area contributed by atoms with E-state index >= 15 is 0 Å². The molecule has 1 N–H and O–H groups in total. The Morgan fingerprint density at radius 1 is 1.30 bits per heavy atom. The molecule has 0 aliphatic carbocycles. The first-order valence-electron chi connectivity index (χ1n) is 7.00. The van der Waals surface area contributed by atoms with Crippen molar-refractivity contribution < 1.29 is 24.2 Å². The normalized spacial score (nSPS) is 22.8. The molecule has 0 saturated carbocycles. The van der Waals surface area contributed by atoms with Crippen molar-refractivity contribution in [3.63, 3.8) is 0 Å². The van der Waals surface area contributed by atoms with Gasteiger partial charge in [-0.05, 0) is 46.5 Å². The van der Waals surface area contributed by atoms with E-state index in [1.54, 1.807) is 20.8 Å². The molecule has 0 bridgehead atoms. The zero-order chi connectivity index (χ0) is 15.3. The molecule has 6 heteroatoms. The van der Waals surface area contributed by atoms with Gasteiger partial charge in [0.15, 0.2) is 0 Å². The SMILES string of the molecule is COC(=O)C1CCC(CCCO)N1C(=O)OC(C)(C)C. The Kier molecular flexibility index (Phi) is 5.80. The second kappa shape index (κ2) is 6.92. The fourth-order valence-electron chi connectivity index (χ4n) is 2.45. The first-order chi connectivity index (χ1) is 9.30. The Labute approximate surface area is 120 Å². The topological polar surface area (TPSA) is 76.1 Å². The second-order valence-electron chi connectivity index (χ2n) is 6.02. The molecule has 2 unspecified atom stereocenters. The molecule has 1 fully saturated rings. The zero-order valence-electron chi connectivity index (χ0n) is 12.7. The summed E-state index contributed by atoms with van der Waals surface area (Å²) < 4.78 is 10.1. The lowest BCUT2D eigenvalue weighted by Gasteiger charge is -2.31. The molecule has 1 aliphatic heterocycles. The average molecular weight is 287 g/mol. The number of likely N-dealkylation sites (tertiary alicyclic amines) is 1. The highest BCUT2D eigenvalue weighted by Crippen LogP contribution is 2.29. The maximum Gasteiger partial charge on any atom is 0.411 e. The van der Waals surface area contributed by atoms with E-state index < -0.39 is 23.7 Å². The summed E-state index contributed by atoms with van der Waals surface area (Å²) in [6.45, 7) is 5.44. The number of methoxy groups -OCH3 is 1. The lowest BCUT2D eigenvalue weighted by atomic mass is 10.1. The van der Waals surface area contributed by atoms with Crippen molar-refractivity contribution in [2.24, 2.45) is 0 Å². The first kappa shape index (κ1) is 16.8. The van der Waals surface area contributed by atoms with Gasteiger partial charge in [0.05, 0.1) is 7.11 Å². The van der Waals surface area contributed by atoms with E-state index in [-0.39, 0.29) is 12.6 Å². The predicted molar refractivity (Wildman–Crippen MR) is 73.2 cm³/mol. The van der Waals surface area contributed by atoms with Gasteiger partial charge in [-0.1, -0.05) is 0 Å². The van der Waals surface area contributed by atoms with Crippen molar-refractivity contribution in [1.29, 1.82) is 0 Å². The summed E-state index contributed by atoms with van der Waals surface area (Å²) in [7, 11) is 1.32. The monoisotopic (exact) mass is 287 g/mol. The van der Waals surface area contributed by atoms with Crippen molar-refractivity contribution in [1.82, 2.24) is 4.90 Å². The van der Waals surface area contributed by atoms with Gasteiger partial charge in [-0.3, -0.25) is 4.90 Å². The second-order valence-corrected chi connectivity index (χ2v) is 6.02. The van der Waals surface area contributed by atoms with Crippen LogP contribution in [0, 0.1) is 0 Å². The molecule has 1 heterocycles. The van der Waals surface area contributed by atoms with Crippen LogP contribution in [-0.2, 0) is 14.3 Å². The fourth-order valence-corrected chi connectivity index (χ4v) is 2.45. The molecule has 0 aromatic carbocycles. The molecule has 0 radical (unpaired) electrons. The summed E-state index contributed by atoms with van der Waals surface area (Å²) >= 11 is 0. The number of rotatable bonds is 4. The largest absolute Gasteiger partial charge is 0.467 e. The van der Waals surface area contributed by atoms with Gasteiger partial charge in [-0.15, -0.1) is 0 Å². The Morgan fingerprint density at radius 2 is 1.95 bits per heavy atom. The number of carbonyl (C=O) groups is 2. The van der Waals surface area contributed by atoms with Gasteiger partial charge >= 0.3 is 12.1 Å². The Balaban J connectivity index is 2.83. The van der Waals surface area contributed by atoms with E-state index in [0.717, 1.165) is 6.42 Å². The van der Waals surface area contributed by atoms with Crippen molar-refractivity contribution in [2.75, 3.05) is 13.7 Å². The third-order valence-electron chi connectivity index (χ3n) is 3.28. The van der Waals surface area contributed by atoms with Gasteiger partial charge in [-0.25, -0.2) is 9.59 Å². The summed E-state index contributed by atoms with van der Waals surface area (Å²) in [5.41, 5.74) is -0.609. The first-order valence-corrected chi connectivity index (χ1v) is 7.00. The number of amides is 1. The number of hydrogen-bond donors (Lipinski definition) is 1. The van der Waals surface area contributed by atoms with Crippen LogP contribution in [0.25, 0.3) is 0 Å². The van der Waals surface area contributed by atoms with Crippen LogP contribution in [0.4, 0.5) is 4.79 Å². The van der Waals surface area contributed by atoms with E-state index in [1.807, 2.05) is 0 Å². The molecule has 0 aromatic rings. The Morgan fingerprint density at radius 3 is 2.45 bits per heavy atom. The third kappa shape index (κ3) is 4.37. The van der Waals surface area contributed by atoms with Crippen LogP contribution in [0.2, 0.25) is 0 Å². The van der Waals surface area contributed by atoms with E-state index in [4.69, 9.17) is 14.6 Å². The van der Waals surface area contributed by atoms with Gasteiger partial charge in [-0.2, -0.15) is 0 Å². The molecular formula is C14H25NO5. The number of esters is 1. The molecule has 1 saturated heterocycles. The third-order valence-corrected chi connectivity index (χ3v) is 3.28. The average Bonchev–Trinajstić information content (AvgIpc) is 2.77. The van der Waals surface area contributed by atoms with Crippen LogP contribution in [0.15, 0.2) is 0 Å². The Bertz CT molecular complexity index is 350. The molecule has 1 amide bonds. The van der Waals surface area contributed by atoms with Gasteiger partial charge in [0.1, 0.15) is 11.6 Å². The molecule has 0 aromatic heterocycles. The minimum absolute atomic E-state index is 0.0710. The highest BCUT2D eigenvalue weighted by Gasteiger charge is 2.43. The van der Waals surface area contributed by atoms with E-state index in [2.05, 4.69) is 0 Å². The number of nitrogens with zero attached hydrogens (tertiary/aromatic N) is 1. The van der Waals surface area contributed by atoms with Crippen molar-refractivity contribution >= 4 is 12.1 Å². The highest BCUT2D eigenvalue weighted by molar-refractivity contribution is 5.82. The molecule has 6 nitrogen and oxygen atoms in total. The van der Waals surface area contributed by atoms with Crippen LogP contribution in [-0.4, -0.2) is 53.5 Å². The summed E-state index contributed by atoms with van der Waals surface area (Å²) in [4.78, 5) is 25.6. The molecular weight excluding hydrogens is 262 g/mol. The minimum Gasteiger partial charge on any atom is -0.467 e. The van der Waals surface area contributed by atoms with Gasteiger partial charge in [0.25, 0.3) is 0 Å². The van der Waals surface area contributed by atoms with Crippen molar-refractivity contribution in [3.8, 4) is 0 Å². The standard InChI is InChI=1S/C14H25NO5/c1-14(2,3)20-13(18)15-10(6-5-9-16)7-8-11(15)12(17)19-4/h10-11,16H,5-9H2,1-4H3. The number of hydrogen-bond acceptors (Lipinski definition) is 5. The zero-order valence-corrected chi connectivity index (χ0v) is 12.7. The highest BCUT2D eigenvalue weighted by atomic mass is 16.6. The minimum atomic E-state index is -0.609. The van der Waals surface area contributed by atoms with Crippen molar-refractivity contribution in [2.45, 2.75) is 64.1 Å². The predicted octanol–water partition coefficient (Wildman–Crippen LogP) is 1.70. The van der Waals surface area contributed by atoms with E-state index in [9.17, 15) is 9.59 Å². The van der Waals surface area contributed by atoms with Crippen LogP contribution < -0.4 is 0 Å². The fraction of sp³-hybridized carbons (Fsp3) is 0.857. The van der Waals surface area contributed by atoms with Crippen LogP contribution >= 0.6 is 0 Å². The summed E-state index contributed by atoms with van der Waals surface area (Å²) in [5.74, 6) is -0.414. The van der Waals surface area contributed by atoms with Gasteiger partial charge in [0, 0.05) is 12.6 Å². The van der Waals surface area contributed by atoms with Gasteiger partial charge < -0.3 is 14.6 Å². The van der Waals surface area contributed by atoms with Crippen LogP contribution in [0.3, 0.4) is 0 Å². The number of ether oxygens (including phenoxy) is 2. The number of carbonyl (C=O) groups excluding carboxylic acids is 2. The molecule has 116 valence electrons. The van der Waals surface area contributed by atoms with Crippen LogP contribution in [0.5, 0.6) is 0 Å². The maximum atomic E-state index is 12.3. The number of aliphatic hydroxyl groups is 1. The Hall–Kier alpha value is -1.30. The smallest absolute Gasteiger partial charge is 0.411 e. The molecule has 0 spiro atoms. The molecule has 2 atom stereocenters. The maximum absolute atomic E-state index is 12.3.